The van der Waals surface area contributed by atoms with Gasteiger partial charge in [0.25, 0.3) is 5.91 Å². The molecule has 2 aliphatic rings. The third-order valence-corrected chi connectivity index (χ3v) is 3.54. The highest BCUT2D eigenvalue weighted by Crippen LogP contribution is 2.36. The fraction of sp³-hybridized carbons (Fsp3) is 0.286. The molecule has 1 amide bonds. The third kappa shape index (κ3) is 2.19. The van der Waals surface area contributed by atoms with Crippen molar-refractivity contribution in [3.63, 3.8) is 0 Å². The summed E-state index contributed by atoms with van der Waals surface area (Å²) in [6, 6.07) is 5.19. The first-order valence-electron chi connectivity index (χ1n) is 6.31. The van der Waals surface area contributed by atoms with Gasteiger partial charge in [-0.15, -0.1) is 0 Å². The summed E-state index contributed by atoms with van der Waals surface area (Å²) in [7, 11) is 0. The number of rotatable bonds is 2. The SMILES string of the molecule is O=C(C=Cc1ccc2c(c1)C(=O)CC1(CNC1)O2)NO. The molecule has 104 valence electrons. The Balaban J connectivity index is 1.86. The molecule has 6 nitrogen and oxygen atoms in total. The summed E-state index contributed by atoms with van der Waals surface area (Å²) in [5.41, 5.74) is 2.37. The normalized spacial score (nSPS) is 19.4. The van der Waals surface area contributed by atoms with Crippen LogP contribution in [0, 0.1) is 0 Å². The van der Waals surface area contributed by atoms with Gasteiger partial charge in [0.2, 0.25) is 0 Å². The van der Waals surface area contributed by atoms with E-state index in [1.54, 1.807) is 18.2 Å². The molecule has 0 radical (unpaired) electrons. The Morgan fingerprint density at radius 3 is 2.90 bits per heavy atom. The lowest BCUT2D eigenvalue weighted by molar-refractivity contribution is -0.124. The number of nitrogens with one attached hydrogen (secondary N) is 2. The molecule has 0 aliphatic carbocycles. The molecule has 1 fully saturated rings. The number of ether oxygens (including phenoxy) is 1. The minimum atomic E-state index is -0.621. The largest absolute Gasteiger partial charge is 0.483 e. The summed E-state index contributed by atoms with van der Waals surface area (Å²) in [4.78, 5) is 23.1. The first kappa shape index (κ1) is 12.8. The Labute approximate surface area is 115 Å². The maximum Gasteiger partial charge on any atom is 0.267 e. The minimum Gasteiger partial charge on any atom is -0.483 e. The van der Waals surface area contributed by atoms with E-state index < -0.39 is 5.91 Å². The van der Waals surface area contributed by atoms with Gasteiger partial charge in [-0.05, 0) is 23.8 Å². The molecule has 1 spiro atoms. The fourth-order valence-corrected chi connectivity index (χ4v) is 2.43. The van der Waals surface area contributed by atoms with Gasteiger partial charge in [0.05, 0.1) is 12.0 Å². The molecule has 1 aromatic rings. The number of carbonyl (C=O) groups excluding carboxylic acids is 2. The van der Waals surface area contributed by atoms with Gasteiger partial charge >= 0.3 is 0 Å². The lowest BCUT2D eigenvalue weighted by Gasteiger charge is -2.44. The summed E-state index contributed by atoms with van der Waals surface area (Å²) in [6.45, 7) is 1.38. The summed E-state index contributed by atoms with van der Waals surface area (Å²) in [5, 5.41) is 11.5. The Kier molecular flexibility index (Phi) is 3.04. The van der Waals surface area contributed by atoms with Crippen LogP contribution in [0.5, 0.6) is 5.75 Å². The van der Waals surface area contributed by atoms with Gasteiger partial charge in [0.15, 0.2) is 5.78 Å². The van der Waals surface area contributed by atoms with Gasteiger partial charge in [-0.2, -0.15) is 0 Å². The van der Waals surface area contributed by atoms with Crippen molar-refractivity contribution < 1.29 is 19.5 Å². The first-order chi connectivity index (χ1) is 9.62. The summed E-state index contributed by atoms with van der Waals surface area (Å²) in [5.74, 6) is 0.0194. The summed E-state index contributed by atoms with van der Waals surface area (Å²) >= 11 is 0. The number of fused-ring (bicyclic) bond motifs is 1. The molecule has 20 heavy (non-hydrogen) atoms. The van der Waals surface area contributed by atoms with E-state index in [2.05, 4.69) is 5.32 Å². The molecule has 2 aliphatic heterocycles. The Morgan fingerprint density at radius 2 is 2.25 bits per heavy atom. The van der Waals surface area contributed by atoms with Gasteiger partial charge in [-0.3, -0.25) is 14.8 Å². The van der Waals surface area contributed by atoms with Crippen molar-refractivity contribution >= 4 is 17.8 Å². The van der Waals surface area contributed by atoms with E-state index in [0.29, 0.717) is 36.4 Å². The summed E-state index contributed by atoms with van der Waals surface area (Å²) in [6.07, 6.45) is 3.08. The van der Waals surface area contributed by atoms with E-state index in [1.807, 2.05) is 0 Å². The molecule has 0 atom stereocenters. The number of hydrogen-bond acceptors (Lipinski definition) is 5. The average molecular weight is 274 g/mol. The van der Waals surface area contributed by atoms with Crippen molar-refractivity contribution in [3.05, 3.63) is 35.4 Å². The quantitative estimate of drug-likeness (QED) is 0.415. The van der Waals surface area contributed by atoms with Crippen LogP contribution in [0.25, 0.3) is 6.08 Å². The third-order valence-electron chi connectivity index (χ3n) is 3.54. The van der Waals surface area contributed by atoms with Gasteiger partial charge in [0, 0.05) is 19.2 Å². The van der Waals surface area contributed by atoms with Crippen LogP contribution >= 0.6 is 0 Å². The van der Waals surface area contributed by atoms with E-state index in [4.69, 9.17) is 9.94 Å². The Bertz CT molecular complexity index is 605. The minimum absolute atomic E-state index is 0.0506. The van der Waals surface area contributed by atoms with E-state index >= 15 is 0 Å². The zero-order valence-corrected chi connectivity index (χ0v) is 10.7. The number of hydroxylamine groups is 1. The molecule has 0 saturated carbocycles. The molecule has 3 rings (SSSR count). The van der Waals surface area contributed by atoms with Crippen LogP contribution < -0.4 is 15.5 Å². The molecule has 3 N–H and O–H groups in total. The van der Waals surface area contributed by atoms with Crippen molar-refractivity contribution in [3.8, 4) is 5.75 Å². The van der Waals surface area contributed by atoms with Crippen molar-refractivity contribution in [2.24, 2.45) is 0 Å². The molecule has 2 heterocycles. The zero-order valence-electron chi connectivity index (χ0n) is 10.7. The topological polar surface area (TPSA) is 87.7 Å². The van der Waals surface area contributed by atoms with E-state index in [1.165, 1.54) is 17.6 Å². The maximum absolute atomic E-state index is 12.2. The number of benzene rings is 1. The number of amides is 1. The van der Waals surface area contributed by atoms with Crippen molar-refractivity contribution in [2.75, 3.05) is 13.1 Å². The second-order valence-electron chi connectivity index (χ2n) is 5.05. The van der Waals surface area contributed by atoms with Gasteiger partial charge in [-0.1, -0.05) is 6.07 Å². The number of hydrogen-bond donors (Lipinski definition) is 3. The molecule has 1 aromatic carbocycles. The van der Waals surface area contributed by atoms with Crippen molar-refractivity contribution in [1.82, 2.24) is 10.8 Å². The average Bonchev–Trinajstić information content (AvgIpc) is 2.43. The van der Waals surface area contributed by atoms with E-state index in [9.17, 15) is 9.59 Å². The van der Waals surface area contributed by atoms with Crippen LogP contribution in [0.2, 0.25) is 0 Å². The zero-order chi connectivity index (χ0) is 14.2. The lowest BCUT2D eigenvalue weighted by Crippen LogP contribution is -2.65. The molecular weight excluding hydrogens is 260 g/mol. The van der Waals surface area contributed by atoms with E-state index in [-0.39, 0.29) is 11.4 Å². The number of carbonyl (C=O) groups is 2. The monoisotopic (exact) mass is 274 g/mol. The van der Waals surface area contributed by atoms with Crippen LogP contribution in [0.3, 0.4) is 0 Å². The van der Waals surface area contributed by atoms with Crippen LogP contribution in [0.15, 0.2) is 24.3 Å². The number of Topliss-reactive ketones (excluding diaryl/α,β-unsaturated/α-hetero) is 1. The van der Waals surface area contributed by atoms with Gasteiger partial charge in [-0.25, -0.2) is 5.48 Å². The standard InChI is InChI=1S/C14H14N2O4/c17-11-6-14(7-15-8-14)20-12-3-1-9(5-10(11)12)2-4-13(18)16-19/h1-5,15,19H,6-8H2,(H,16,18). The second kappa shape index (κ2) is 4.73. The lowest BCUT2D eigenvalue weighted by atomic mass is 9.85. The molecular formula is C14H14N2O4. The highest BCUT2D eigenvalue weighted by Gasteiger charge is 2.45. The highest BCUT2D eigenvalue weighted by molar-refractivity contribution is 6.01. The molecule has 0 unspecified atom stereocenters. The van der Waals surface area contributed by atoms with Crippen LogP contribution in [0.1, 0.15) is 22.3 Å². The Morgan fingerprint density at radius 1 is 1.45 bits per heavy atom. The van der Waals surface area contributed by atoms with Crippen LogP contribution in [-0.4, -0.2) is 35.6 Å². The van der Waals surface area contributed by atoms with Gasteiger partial charge < -0.3 is 10.1 Å². The van der Waals surface area contributed by atoms with Gasteiger partial charge in [0.1, 0.15) is 11.4 Å². The Hall–Kier alpha value is -2.18. The van der Waals surface area contributed by atoms with Crippen LogP contribution in [-0.2, 0) is 4.79 Å². The fourth-order valence-electron chi connectivity index (χ4n) is 2.43. The first-order valence-corrected chi connectivity index (χ1v) is 6.31. The number of ketones is 1. The van der Waals surface area contributed by atoms with Crippen molar-refractivity contribution in [1.29, 1.82) is 0 Å². The second-order valence-corrected chi connectivity index (χ2v) is 5.05. The molecule has 0 aromatic heterocycles. The highest BCUT2D eigenvalue weighted by atomic mass is 16.5. The predicted octanol–water partition coefficient (Wildman–Crippen LogP) is 0.512. The van der Waals surface area contributed by atoms with Crippen molar-refractivity contribution in [2.45, 2.75) is 12.0 Å². The predicted molar refractivity (Wildman–Crippen MR) is 70.6 cm³/mol. The summed E-state index contributed by atoms with van der Waals surface area (Å²) < 4.78 is 5.90. The van der Waals surface area contributed by atoms with Crippen LogP contribution in [0.4, 0.5) is 0 Å². The van der Waals surface area contributed by atoms with E-state index in [0.717, 1.165) is 0 Å². The molecule has 1 saturated heterocycles. The smallest absolute Gasteiger partial charge is 0.267 e. The maximum atomic E-state index is 12.2. The molecule has 6 heteroatoms. The molecule has 0 bridgehead atoms.